The second kappa shape index (κ2) is 14.8. The Morgan fingerprint density at radius 2 is 1.59 bits per heavy atom. The summed E-state index contributed by atoms with van der Waals surface area (Å²) in [4.78, 5) is 4.73. The average Bonchev–Trinajstić information content (AvgIpc) is 3.64. The Kier molecular flexibility index (Phi) is 10.0. The van der Waals surface area contributed by atoms with E-state index in [9.17, 15) is 0 Å². The van der Waals surface area contributed by atoms with Gasteiger partial charge in [-0.2, -0.15) is 5.10 Å². The molecule has 0 fully saturated rings. The van der Waals surface area contributed by atoms with Crippen molar-refractivity contribution in [1.82, 2.24) is 19.3 Å². The molecule has 1 aliphatic carbocycles. The highest BCUT2D eigenvalue weighted by molar-refractivity contribution is 6.09. The van der Waals surface area contributed by atoms with Crippen molar-refractivity contribution in [3.8, 4) is 28.8 Å². The van der Waals surface area contributed by atoms with Crippen molar-refractivity contribution >= 4 is 21.8 Å². The summed E-state index contributed by atoms with van der Waals surface area (Å²) in [5, 5.41) is 7.77. The minimum absolute atomic E-state index is 0.409. The zero-order valence-corrected chi connectivity index (χ0v) is 31.4. The molecule has 1 aliphatic rings. The van der Waals surface area contributed by atoms with Crippen LogP contribution >= 0.6 is 0 Å². The number of hydrogen-bond acceptors (Lipinski definition) is 4. The molecule has 6 heteroatoms. The summed E-state index contributed by atoms with van der Waals surface area (Å²) in [6.45, 7) is 13.9. The molecule has 0 bridgehead atoms. The van der Waals surface area contributed by atoms with E-state index in [1.807, 2.05) is 12.1 Å². The number of hydrogen-bond donors (Lipinski definition) is 0. The van der Waals surface area contributed by atoms with Gasteiger partial charge in [0, 0.05) is 52.3 Å². The van der Waals surface area contributed by atoms with Gasteiger partial charge in [0.25, 0.3) is 0 Å². The Bertz CT molecular complexity index is 2210. The van der Waals surface area contributed by atoms with Crippen LogP contribution in [0.15, 0.2) is 90.6 Å². The number of methoxy groups -OCH3 is 1. The van der Waals surface area contributed by atoms with Gasteiger partial charge >= 0.3 is 0 Å². The van der Waals surface area contributed by atoms with Gasteiger partial charge in [0.05, 0.1) is 29.5 Å². The van der Waals surface area contributed by atoms with E-state index in [1.54, 1.807) is 13.3 Å². The molecule has 3 heterocycles. The summed E-state index contributed by atoms with van der Waals surface area (Å²) in [5.74, 6) is 4.75. The summed E-state index contributed by atoms with van der Waals surface area (Å²) in [7, 11) is 1.69. The minimum atomic E-state index is 0.409. The van der Waals surface area contributed by atoms with Crippen molar-refractivity contribution in [2.45, 2.75) is 92.4 Å². The number of unbranched alkanes of at least 4 members (excludes halogenated alkanes) is 2. The van der Waals surface area contributed by atoms with E-state index < -0.39 is 0 Å². The maximum Gasteiger partial charge on any atom is 0.141 e. The molecule has 0 N–H and O–H groups in total. The Hall–Kier alpha value is -4.84. The molecule has 264 valence electrons. The second-order valence-electron chi connectivity index (χ2n) is 14.7. The van der Waals surface area contributed by atoms with Crippen LogP contribution in [0, 0.1) is 18.8 Å². The molecule has 0 saturated heterocycles. The van der Waals surface area contributed by atoms with Crippen LogP contribution in [0.5, 0.6) is 17.2 Å². The molecule has 1 unspecified atom stereocenters. The number of ether oxygens (including phenoxy) is 2. The molecule has 3 aromatic carbocycles. The van der Waals surface area contributed by atoms with E-state index in [-0.39, 0.29) is 0 Å². The zero-order valence-electron chi connectivity index (χ0n) is 31.4. The Balaban J connectivity index is 1.32. The maximum atomic E-state index is 6.74. The number of fused-ring (bicyclic) bond motifs is 3. The number of pyridine rings is 1. The number of rotatable bonds is 12. The molecule has 0 aliphatic heterocycles. The van der Waals surface area contributed by atoms with Crippen molar-refractivity contribution in [2.24, 2.45) is 11.8 Å². The minimum Gasteiger partial charge on any atom is -0.497 e. The average molecular weight is 681 g/mol. The van der Waals surface area contributed by atoms with Crippen LogP contribution in [-0.4, -0.2) is 26.4 Å². The summed E-state index contributed by atoms with van der Waals surface area (Å²) in [6, 6.07) is 25.2. The fourth-order valence-electron chi connectivity index (χ4n) is 8.46. The van der Waals surface area contributed by atoms with Gasteiger partial charge in [-0.15, -0.1) is 0 Å². The van der Waals surface area contributed by atoms with Crippen LogP contribution < -0.4 is 9.47 Å². The first kappa shape index (κ1) is 34.6. The molecule has 0 amide bonds. The summed E-state index contributed by atoms with van der Waals surface area (Å²) in [6.07, 6.45) is 12.1. The smallest absolute Gasteiger partial charge is 0.141 e. The van der Waals surface area contributed by atoms with Gasteiger partial charge < -0.3 is 9.47 Å². The zero-order chi connectivity index (χ0) is 35.6. The lowest BCUT2D eigenvalue weighted by Crippen LogP contribution is -2.21. The van der Waals surface area contributed by atoms with E-state index >= 15 is 0 Å². The van der Waals surface area contributed by atoms with E-state index in [0.29, 0.717) is 17.8 Å². The maximum absolute atomic E-state index is 6.74. The molecule has 0 spiro atoms. The number of nitrogens with zero attached hydrogens (tertiary/aromatic N) is 4. The molecule has 7 rings (SSSR count). The predicted molar refractivity (Wildman–Crippen MR) is 210 cm³/mol. The van der Waals surface area contributed by atoms with Gasteiger partial charge in [0.15, 0.2) is 0 Å². The Morgan fingerprint density at radius 3 is 2.37 bits per heavy atom. The number of aryl methyl sites for hydroxylation is 2. The fraction of sp³-hybridized carbons (Fsp3) is 0.378. The first-order chi connectivity index (χ1) is 24.8. The first-order valence-electron chi connectivity index (χ1n) is 18.9. The van der Waals surface area contributed by atoms with Crippen molar-refractivity contribution in [2.75, 3.05) is 7.11 Å². The van der Waals surface area contributed by atoms with Crippen LogP contribution in [0.1, 0.15) is 95.2 Å². The quantitative estimate of drug-likeness (QED) is 0.121. The topological polar surface area (TPSA) is 54.1 Å². The molecule has 0 saturated carbocycles. The van der Waals surface area contributed by atoms with Crippen LogP contribution in [0.25, 0.3) is 33.3 Å². The van der Waals surface area contributed by atoms with Crippen LogP contribution in [0.4, 0.5) is 0 Å². The van der Waals surface area contributed by atoms with Gasteiger partial charge in [0.2, 0.25) is 0 Å². The van der Waals surface area contributed by atoms with Crippen molar-refractivity contribution in [3.05, 3.63) is 113 Å². The summed E-state index contributed by atoms with van der Waals surface area (Å²) in [5.41, 5.74) is 9.95. The molecular weight excluding hydrogens is 629 g/mol. The SMILES string of the molecule is CCCCc1nn(-c2cc(C)cc(Oc3ccc4c5ccccc5n(-c5cc(OC)ccn5)c4c3)c2)c(CCCC)c1[C@@H]1C(C)=CC(C)C[C@@H]1C. The van der Waals surface area contributed by atoms with Gasteiger partial charge in [-0.1, -0.05) is 70.4 Å². The number of allylic oxidation sites excluding steroid dienone is 2. The largest absolute Gasteiger partial charge is 0.497 e. The van der Waals surface area contributed by atoms with Gasteiger partial charge in [0.1, 0.15) is 23.1 Å². The molecule has 6 aromatic rings. The van der Waals surface area contributed by atoms with Crippen molar-refractivity contribution in [1.29, 1.82) is 0 Å². The van der Waals surface area contributed by atoms with Crippen LogP contribution in [0.2, 0.25) is 0 Å². The molecular formula is C45H52N4O2. The summed E-state index contributed by atoms with van der Waals surface area (Å²) >= 11 is 0. The Morgan fingerprint density at radius 1 is 0.804 bits per heavy atom. The number of benzene rings is 3. The Labute approximate surface area is 303 Å². The van der Waals surface area contributed by atoms with Crippen LogP contribution in [-0.2, 0) is 12.8 Å². The van der Waals surface area contributed by atoms with Crippen LogP contribution in [0.3, 0.4) is 0 Å². The first-order valence-corrected chi connectivity index (χ1v) is 18.9. The standard InChI is InChI=1S/C45H52N4O2/c1-8-10-15-39-45(44-31(5)22-29(3)23-32(44)6)41(16-11-9-2)49(47-39)33-24-30(4)25-36(26-33)51-35-18-19-38-37-14-12-13-17-40(37)48(42(38)27-35)43-28-34(50-7)20-21-46-43/h12-14,17-22,24-29,32,44H,8-11,15-16,23H2,1-7H3/t29?,32-,44+/m0/s1. The van der Waals surface area contributed by atoms with Crippen molar-refractivity contribution < 1.29 is 9.47 Å². The lowest BCUT2D eigenvalue weighted by molar-refractivity contribution is 0.388. The third-order valence-electron chi connectivity index (χ3n) is 10.6. The molecule has 3 atom stereocenters. The number of para-hydroxylation sites is 1. The molecule has 0 radical (unpaired) electrons. The highest BCUT2D eigenvalue weighted by Crippen LogP contribution is 2.44. The van der Waals surface area contributed by atoms with E-state index in [0.717, 1.165) is 89.3 Å². The van der Waals surface area contributed by atoms with Gasteiger partial charge in [-0.05, 0) is 99.7 Å². The molecule has 6 nitrogen and oxygen atoms in total. The molecule has 51 heavy (non-hydrogen) atoms. The van der Waals surface area contributed by atoms with Gasteiger partial charge in [-0.25, -0.2) is 9.67 Å². The number of aromatic nitrogens is 4. The monoisotopic (exact) mass is 680 g/mol. The fourth-order valence-corrected chi connectivity index (χ4v) is 8.46. The third kappa shape index (κ3) is 6.81. The highest BCUT2D eigenvalue weighted by atomic mass is 16.5. The van der Waals surface area contributed by atoms with E-state index in [2.05, 4.69) is 118 Å². The predicted octanol–water partition coefficient (Wildman–Crippen LogP) is 11.9. The summed E-state index contributed by atoms with van der Waals surface area (Å²) < 4.78 is 16.8. The van der Waals surface area contributed by atoms with E-state index in [4.69, 9.17) is 19.6 Å². The van der Waals surface area contributed by atoms with Crippen molar-refractivity contribution in [3.63, 3.8) is 0 Å². The lowest BCUT2D eigenvalue weighted by atomic mass is 9.71. The normalized spacial score (nSPS) is 17.6. The highest BCUT2D eigenvalue weighted by Gasteiger charge is 2.33. The lowest BCUT2D eigenvalue weighted by Gasteiger charge is -2.33. The van der Waals surface area contributed by atoms with Gasteiger partial charge in [-0.3, -0.25) is 4.57 Å². The van der Waals surface area contributed by atoms with E-state index in [1.165, 1.54) is 34.3 Å². The second-order valence-corrected chi connectivity index (χ2v) is 14.7. The molecule has 3 aromatic heterocycles. The third-order valence-corrected chi connectivity index (χ3v) is 10.6.